The maximum Gasteiger partial charge on any atom is 0.206 e. The Morgan fingerprint density at radius 3 is 2.38 bits per heavy atom. The first-order valence-corrected chi connectivity index (χ1v) is 6.97. The standard InChI is InChI=1S/C12H20BrN3/c1-10(2)16-11(13)9-14-12(16)15-7-5-3-4-6-8-15/h9-10H,3-8H2,1-2H3. The van der Waals surface area contributed by atoms with Gasteiger partial charge in [0.05, 0.1) is 6.20 Å². The third-order valence-corrected chi connectivity index (χ3v) is 3.72. The van der Waals surface area contributed by atoms with Gasteiger partial charge in [-0.1, -0.05) is 12.8 Å². The summed E-state index contributed by atoms with van der Waals surface area (Å²) in [5.74, 6) is 1.13. The number of anilines is 1. The maximum atomic E-state index is 4.54. The van der Waals surface area contributed by atoms with Gasteiger partial charge >= 0.3 is 0 Å². The Balaban J connectivity index is 2.24. The zero-order chi connectivity index (χ0) is 11.5. The second-order valence-electron chi connectivity index (χ2n) is 4.75. The van der Waals surface area contributed by atoms with Crippen molar-refractivity contribution in [2.75, 3.05) is 18.0 Å². The Kier molecular flexibility index (Phi) is 3.90. The summed E-state index contributed by atoms with van der Waals surface area (Å²) in [7, 11) is 0. The largest absolute Gasteiger partial charge is 0.342 e. The Hall–Kier alpha value is -0.510. The summed E-state index contributed by atoms with van der Waals surface area (Å²) in [6.07, 6.45) is 7.23. The second kappa shape index (κ2) is 5.21. The van der Waals surface area contributed by atoms with Crippen LogP contribution < -0.4 is 4.90 Å². The van der Waals surface area contributed by atoms with Gasteiger partial charge in [0.2, 0.25) is 5.95 Å². The van der Waals surface area contributed by atoms with Gasteiger partial charge in [0.25, 0.3) is 0 Å². The van der Waals surface area contributed by atoms with Crippen molar-refractivity contribution in [1.29, 1.82) is 0 Å². The molecule has 1 aliphatic rings. The van der Waals surface area contributed by atoms with Gasteiger partial charge in [-0.15, -0.1) is 0 Å². The van der Waals surface area contributed by atoms with Gasteiger partial charge in [0.1, 0.15) is 4.60 Å². The van der Waals surface area contributed by atoms with Crippen molar-refractivity contribution in [3.63, 3.8) is 0 Å². The number of nitrogens with zero attached hydrogens (tertiary/aromatic N) is 3. The first-order chi connectivity index (χ1) is 7.70. The summed E-state index contributed by atoms with van der Waals surface area (Å²) in [4.78, 5) is 6.97. The molecule has 4 heteroatoms. The molecule has 0 saturated carbocycles. The third-order valence-electron chi connectivity index (χ3n) is 3.14. The topological polar surface area (TPSA) is 21.1 Å². The Morgan fingerprint density at radius 1 is 1.19 bits per heavy atom. The van der Waals surface area contributed by atoms with Crippen molar-refractivity contribution in [2.24, 2.45) is 0 Å². The molecule has 0 spiro atoms. The molecule has 90 valence electrons. The van der Waals surface area contributed by atoms with Gasteiger partial charge in [0, 0.05) is 19.1 Å². The van der Waals surface area contributed by atoms with E-state index < -0.39 is 0 Å². The lowest BCUT2D eigenvalue weighted by molar-refractivity contribution is 0.574. The molecule has 0 aliphatic carbocycles. The summed E-state index contributed by atoms with van der Waals surface area (Å²) in [6, 6.07) is 0.454. The average Bonchev–Trinajstić information content (AvgIpc) is 2.50. The quantitative estimate of drug-likeness (QED) is 0.828. The van der Waals surface area contributed by atoms with Crippen LogP contribution in [-0.4, -0.2) is 22.6 Å². The lowest BCUT2D eigenvalue weighted by Gasteiger charge is -2.24. The molecular formula is C12H20BrN3. The van der Waals surface area contributed by atoms with Crippen molar-refractivity contribution in [1.82, 2.24) is 9.55 Å². The van der Waals surface area contributed by atoms with Crippen LogP contribution in [0.1, 0.15) is 45.6 Å². The number of halogens is 1. The lowest BCUT2D eigenvalue weighted by atomic mass is 10.2. The van der Waals surface area contributed by atoms with Gasteiger partial charge in [-0.05, 0) is 42.6 Å². The van der Waals surface area contributed by atoms with Gasteiger partial charge in [-0.3, -0.25) is 0 Å². The molecule has 1 aromatic rings. The number of imidazole rings is 1. The second-order valence-corrected chi connectivity index (χ2v) is 5.56. The third kappa shape index (κ3) is 2.42. The van der Waals surface area contributed by atoms with E-state index in [0.717, 1.165) is 23.6 Å². The van der Waals surface area contributed by atoms with Crippen molar-refractivity contribution in [3.8, 4) is 0 Å². The van der Waals surface area contributed by atoms with Crippen LogP contribution in [0.15, 0.2) is 10.8 Å². The molecule has 2 heterocycles. The highest BCUT2D eigenvalue weighted by Crippen LogP contribution is 2.26. The molecular weight excluding hydrogens is 266 g/mol. The highest BCUT2D eigenvalue weighted by molar-refractivity contribution is 9.10. The van der Waals surface area contributed by atoms with Crippen molar-refractivity contribution in [3.05, 3.63) is 10.8 Å². The highest BCUT2D eigenvalue weighted by Gasteiger charge is 2.18. The summed E-state index contributed by atoms with van der Waals surface area (Å²) in [5.41, 5.74) is 0. The molecule has 16 heavy (non-hydrogen) atoms. The van der Waals surface area contributed by atoms with Crippen LogP contribution >= 0.6 is 15.9 Å². The predicted molar refractivity (Wildman–Crippen MR) is 71.0 cm³/mol. The molecule has 3 nitrogen and oxygen atoms in total. The molecule has 0 radical (unpaired) electrons. The summed E-state index contributed by atoms with van der Waals surface area (Å²) < 4.78 is 3.35. The van der Waals surface area contributed by atoms with Crippen molar-refractivity contribution >= 4 is 21.9 Å². The molecule has 1 aromatic heterocycles. The van der Waals surface area contributed by atoms with E-state index in [1.807, 2.05) is 6.20 Å². The zero-order valence-corrected chi connectivity index (χ0v) is 11.7. The van der Waals surface area contributed by atoms with Crippen LogP contribution in [0, 0.1) is 0 Å². The fourth-order valence-corrected chi connectivity index (χ4v) is 2.98. The zero-order valence-electron chi connectivity index (χ0n) is 10.1. The van der Waals surface area contributed by atoms with E-state index in [9.17, 15) is 0 Å². The monoisotopic (exact) mass is 285 g/mol. The molecule has 1 saturated heterocycles. The van der Waals surface area contributed by atoms with E-state index in [1.54, 1.807) is 0 Å². The molecule has 0 unspecified atom stereocenters. The van der Waals surface area contributed by atoms with Crippen LogP contribution in [0.3, 0.4) is 0 Å². The van der Waals surface area contributed by atoms with Gasteiger partial charge in [-0.2, -0.15) is 0 Å². The Bertz CT molecular complexity index is 338. The SMILES string of the molecule is CC(C)n1c(Br)cnc1N1CCCCCC1. The Morgan fingerprint density at radius 2 is 1.81 bits per heavy atom. The fraction of sp³-hybridized carbons (Fsp3) is 0.750. The van der Waals surface area contributed by atoms with E-state index in [0.29, 0.717) is 6.04 Å². The van der Waals surface area contributed by atoms with E-state index in [2.05, 4.69) is 44.2 Å². The molecule has 2 rings (SSSR count). The van der Waals surface area contributed by atoms with Crippen LogP contribution in [0.4, 0.5) is 5.95 Å². The minimum absolute atomic E-state index is 0.454. The average molecular weight is 286 g/mol. The molecule has 0 N–H and O–H groups in total. The number of rotatable bonds is 2. The van der Waals surface area contributed by atoms with Gasteiger partial charge in [0.15, 0.2) is 0 Å². The molecule has 0 amide bonds. The summed E-state index contributed by atoms with van der Waals surface area (Å²) in [5, 5.41) is 0. The first-order valence-electron chi connectivity index (χ1n) is 6.18. The van der Waals surface area contributed by atoms with E-state index in [4.69, 9.17) is 0 Å². The predicted octanol–water partition coefficient (Wildman–Crippen LogP) is 3.61. The van der Waals surface area contributed by atoms with Crippen LogP contribution in [0.2, 0.25) is 0 Å². The van der Waals surface area contributed by atoms with E-state index in [-0.39, 0.29) is 0 Å². The molecule has 1 aliphatic heterocycles. The van der Waals surface area contributed by atoms with Gasteiger partial charge < -0.3 is 9.47 Å². The number of hydrogen-bond donors (Lipinski definition) is 0. The first kappa shape index (κ1) is 12.0. The maximum absolute atomic E-state index is 4.54. The highest BCUT2D eigenvalue weighted by atomic mass is 79.9. The molecule has 0 bridgehead atoms. The smallest absolute Gasteiger partial charge is 0.206 e. The van der Waals surface area contributed by atoms with E-state index in [1.165, 1.54) is 25.7 Å². The molecule has 0 aromatic carbocycles. The van der Waals surface area contributed by atoms with Crippen LogP contribution in [-0.2, 0) is 0 Å². The number of hydrogen-bond acceptors (Lipinski definition) is 2. The molecule has 0 atom stereocenters. The minimum atomic E-state index is 0.454. The summed E-state index contributed by atoms with van der Waals surface area (Å²) >= 11 is 3.58. The molecule has 1 fully saturated rings. The summed E-state index contributed by atoms with van der Waals surface area (Å²) in [6.45, 7) is 6.70. The normalized spacial score (nSPS) is 17.9. The van der Waals surface area contributed by atoms with Crippen LogP contribution in [0.25, 0.3) is 0 Å². The lowest BCUT2D eigenvalue weighted by Crippen LogP contribution is -2.27. The minimum Gasteiger partial charge on any atom is -0.342 e. The van der Waals surface area contributed by atoms with Crippen molar-refractivity contribution < 1.29 is 0 Å². The van der Waals surface area contributed by atoms with E-state index >= 15 is 0 Å². The van der Waals surface area contributed by atoms with Crippen LogP contribution in [0.5, 0.6) is 0 Å². The fourth-order valence-electron chi connectivity index (χ4n) is 2.31. The Labute approximate surface area is 106 Å². The number of aromatic nitrogens is 2. The van der Waals surface area contributed by atoms with Gasteiger partial charge in [-0.25, -0.2) is 4.98 Å². The van der Waals surface area contributed by atoms with Crippen molar-refractivity contribution in [2.45, 2.75) is 45.6 Å².